The highest BCUT2D eigenvalue weighted by Crippen LogP contribution is 2.47. The number of aromatic nitrogens is 1. The van der Waals surface area contributed by atoms with Crippen LogP contribution in [0.5, 0.6) is 0 Å². The van der Waals surface area contributed by atoms with Crippen LogP contribution in [0.2, 0.25) is 0 Å². The van der Waals surface area contributed by atoms with Gasteiger partial charge in [-0.1, -0.05) is 20.8 Å². The number of likely N-dealkylation sites (tertiary alicyclic amines) is 1. The maximum atomic E-state index is 13.3. The van der Waals surface area contributed by atoms with Crippen molar-refractivity contribution in [2.75, 3.05) is 13.7 Å². The molecule has 2 aromatic rings. The van der Waals surface area contributed by atoms with Gasteiger partial charge in [-0.2, -0.15) is 0 Å². The Kier molecular flexibility index (Phi) is 4.42. The van der Waals surface area contributed by atoms with Gasteiger partial charge in [-0.15, -0.1) is 0 Å². The Bertz CT molecular complexity index is 1010. The number of aryl methyl sites for hydroxylation is 1. The minimum atomic E-state index is -0.419. The molecule has 3 atom stereocenters. The Morgan fingerprint density at radius 2 is 2.04 bits per heavy atom. The number of ether oxygens (including phenoxy) is 1. The van der Waals surface area contributed by atoms with Gasteiger partial charge in [0.2, 0.25) is 0 Å². The summed E-state index contributed by atoms with van der Waals surface area (Å²) in [5, 5.41) is 0.566. The Hall–Kier alpha value is -2.14. The number of pyridine rings is 1. The molecule has 4 rings (SSSR count). The number of fused-ring (bicyclic) bond motifs is 3. The minimum absolute atomic E-state index is 0.0374. The standard InChI is InChI=1S/C23H30N2O3/c1-14-18(11-25-13-23(4)10-16(25)9-22(2,3)12-23)20(26)17-8-15(21(27)28-5)6-7-19(17)24-14/h6-8,16H,9-13H2,1-5H3,(H,24,26)/p+1. The third kappa shape index (κ3) is 3.26. The van der Waals surface area contributed by atoms with E-state index in [4.69, 9.17) is 4.74 Å². The first-order chi connectivity index (χ1) is 13.1. The molecule has 1 aromatic carbocycles. The molecule has 1 saturated heterocycles. The van der Waals surface area contributed by atoms with Crippen LogP contribution in [0.4, 0.5) is 0 Å². The number of H-pyrrole nitrogens is 1. The van der Waals surface area contributed by atoms with Crippen molar-refractivity contribution < 1.29 is 14.4 Å². The zero-order valence-electron chi connectivity index (χ0n) is 17.6. The van der Waals surface area contributed by atoms with Crippen molar-refractivity contribution >= 4 is 16.9 Å². The van der Waals surface area contributed by atoms with Crippen molar-refractivity contribution in [2.45, 2.75) is 59.5 Å². The molecule has 150 valence electrons. The molecule has 2 fully saturated rings. The van der Waals surface area contributed by atoms with E-state index in [2.05, 4.69) is 25.8 Å². The quantitative estimate of drug-likeness (QED) is 0.801. The van der Waals surface area contributed by atoms with Crippen LogP contribution < -0.4 is 10.3 Å². The number of carbonyl (C=O) groups excluding carboxylic acids is 1. The van der Waals surface area contributed by atoms with Crippen LogP contribution in [0.1, 0.15) is 61.6 Å². The average Bonchev–Trinajstić information content (AvgIpc) is 2.85. The highest BCUT2D eigenvalue weighted by atomic mass is 16.5. The summed E-state index contributed by atoms with van der Waals surface area (Å²) in [5.41, 5.74) is 3.74. The van der Waals surface area contributed by atoms with Crippen molar-refractivity contribution in [3.63, 3.8) is 0 Å². The fraction of sp³-hybridized carbons (Fsp3) is 0.565. The Morgan fingerprint density at radius 1 is 1.29 bits per heavy atom. The monoisotopic (exact) mass is 383 g/mol. The zero-order chi connectivity index (χ0) is 20.3. The van der Waals surface area contributed by atoms with Crippen LogP contribution in [-0.4, -0.2) is 30.6 Å². The highest BCUT2D eigenvalue weighted by molar-refractivity contribution is 5.94. The predicted molar refractivity (Wildman–Crippen MR) is 110 cm³/mol. The zero-order valence-corrected chi connectivity index (χ0v) is 17.6. The summed E-state index contributed by atoms with van der Waals surface area (Å²) in [6.45, 7) is 11.0. The molecule has 0 amide bonds. The van der Waals surface area contributed by atoms with Crippen LogP contribution >= 0.6 is 0 Å². The second-order valence-electron chi connectivity index (χ2n) is 10.1. The molecule has 1 aliphatic carbocycles. The van der Waals surface area contributed by atoms with Crippen molar-refractivity contribution in [1.29, 1.82) is 0 Å². The van der Waals surface area contributed by atoms with Gasteiger partial charge in [0, 0.05) is 34.9 Å². The third-order valence-electron chi connectivity index (χ3n) is 6.81. The van der Waals surface area contributed by atoms with Crippen LogP contribution in [0.15, 0.2) is 23.0 Å². The van der Waals surface area contributed by atoms with E-state index >= 15 is 0 Å². The van der Waals surface area contributed by atoms with Gasteiger partial charge in [0.05, 0.1) is 30.8 Å². The Morgan fingerprint density at radius 3 is 2.75 bits per heavy atom. The molecule has 0 spiro atoms. The molecule has 3 unspecified atom stereocenters. The summed E-state index contributed by atoms with van der Waals surface area (Å²) in [5.74, 6) is -0.419. The number of esters is 1. The normalized spacial score (nSPS) is 28.5. The fourth-order valence-corrected chi connectivity index (χ4v) is 6.09. The number of benzene rings is 1. The molecular weight excluding hydrogens is 352 g/mol. The largest absolute Gasteiger partial charge is 0.465 e. The number of aromatic amines is 1. The number of hydrogen-bond acceptors (Lipinski definition) is 3. The van der Waals surface area contributed by atoms with Gasteiger partial charge in [-0.05, 0) is 37.0 Å². The molecule has 2 heterocycles. The Labute approximate surface area is 166 Å². The summed E-state index contributed by atoms with van der Waals surface area (Å²) < 4.78 is 4.81. The molecule has 1 saturated carbocycles. The molecule has 2 bridgehead atoms. The third-order valence-corrected chi connectivity index (χ3v) is 6.81. The fourth-order valence-electron chi connectivity index (χ4n) is 6.09. The molecular formula is C23H31N2O3+. The first-order valence-corrected chi connectivity index (χ1v) is 10.2. The molecule has 2 N–H and O–H groups in total. The average molecular weight is 384 g/mol. The van der Waals surface area contributed by atoms with Crippen molar-refractivity contribution in [2.24, 2.45) is 10.8 Å². The number of nitrogens with one attached hydrogen (secondary N) is 2. The van der Waals surface area contributed by atoms with Gasteiger partial charge >= 0.3 is 5.97 Å². The summed E-state index contributed by atoms with van der Waals surface area (Å²) >= 11 is 0. The molecule has 0 radical (unpaired) electrons. The lowest BCUT2D eigenvalue weighted by Crippen LogP contribution is -3.12. The lowest BCUT2D eigenvalue weighted by Gasteiger charge is -2.37. The topological polar surface area (TPSA) is 63.6 Å². The van der Waals surface area contributed by atoms with Gasteiger partial charge in [-0.3, -0.25) is 4.79 Å². The van der Waals surface area contributed by atoms with Crippen LogP contribution in [0, 0.1) is 17.8 Å². The number of carbonyl (C=O) groups is 1. The minimum Gasteiger partial charge on any atom is -0.465 e. The van der Waals surface area contributed by atoms with E-state index in [1.54, 1.807) is 18.2 Å². The molecule has 1 aliphatic heterocycles. The van der Waals surface area contributed by atoms with Crippen molar-refractivity contribution in [3.8, 4) is 0 Å². The van der Waals surface area contributed by atoms with Crippen LogP contribution in [0.25, 0.3) is 10.9 Å². The first kappa shape index (κ1) is 19.2. The van der Waals surface area contributed by atoms with Gasteiger partial charge < -0.3 is 14.6 Å². The predicted octanol–water partition coefficient (Wildman–Crippen LogP) is 2.61. The van der Waals surface area contributed by atoms with E-state index in [0.717, 1.165) is 29.9 Å². The number of methoxy groups -OCH3 is 1. The van der Waals surface area contributed by atoms with Gasteiger partial charge in [0.15, 0.2) is 5.43 Å². The van der Waals surface area contributed by atoms with E-state index in [0.29, 0.717) is 27.8 Å². The summed E-state index contributed by atoms with van der Waals surface area (Å²) in [7, 11) is 1.36. The van der Waals surface area contributed by atoms with E-state index in [-0.39, 0.29) is 5.43 Å². The lowest BCUT2D eigenvalue weighted by molar-refractivity contribution is -0.928. The maximum absolute atomic E-state index is 13.3. The SMILES string of the molecule is COC(=O)c1ccc2[nH]c(C)c(C[NH+]3CC4(C)CC3CC(C)(C)C4)c(=O)c2c1. The van der Waals surface area contributed by atoms with Gasteiger partial charge in [0.1, 0.15) is 6.54 Å². The molecule has 5 heteroatoms. The second kappa shape index (κ2) is 6.45. The van der Waals surface area contributed by atoms with Gasteiger partial charge in [0.25, 0.3) is 0 Å². The summed E-state index contributed by atoms with van der Waals surface area (Å²) in [4.78, 5) is 30.1. The highest BCUT2D eigenvalue weighted by Gasteiger charge is 2.52. The van der Waals surface area contributed by atoms with Crippen LogP contribution in [-0.2, 0) is 11.3 Å². The summed E-state index contributed by atoms with van der Waals surface area (Å²) in [6.07, 6.45) is 3.73. The van der Waals surface area contributed by atoms with Crippen LogP contribution in [0.3, 0.4) is 0 Å². The van der Waals surface area contributed by atoms with E-state index < -0.39 is 5.97 Å². The first-order valence-electron chi connectivity index (χ1n) is 10.2. The lowest BCUT2D eigenvalue weighted by atomic mass is 9.65. The number of rotatable bonds is 3. The maximum Gasteiger partial charge on any atom is 0.337 e. The van der Waals surface area contributed by atoms with Crippen molar-refractivity contribution in [1.82, 2.24) is 4.98 Å². The molecule has 28 heavy (non-hydrogen) atoms. The number of hydrogen-bond donors (Lipinski definition) is 2. The van der Waals surface area contributed by atoms with E-state index in [1.807, 2.05) is 6.92 Å². The molecule has 1 aromatic heterocycles. The number of quaternary nitrogens is 1. The molecule has 5 nitrogen and oxygen atoms in total. The second-order valence-corrected chi connectivity index (χ2v) is 10.1. The summed E-state index contributed by atoms with van der Waals surface area (Å²) in [6, 6.07) is 5.76. The van der Waals surface area contributed by atoms with Gasteiger partial charge in [-0.25, -0.2) is 4.79 Å². The Balaban J connectivity index is 1.71. The van der Waals surface area contributed by atoms with Crippen molar-refractivity contribution in [3.05, 3.63) is 45.2 Å². The van der Waals surface area contributed by atoms with E-state index in [1.165, 1.54) is 31.3 Å². The smallest absolute Gasteiger partial charge is 0.337 e. The molecule has 2 aliphatic rings. The van der Waals surface area contributed by atoms with E-state index in [9.17, 15) is 9.59 Å².